The van der Waals surface area contributed by atoms with E-state index in [1.54, 1.807) is 24.6 Å². The molecule has 1 atom stereocenters. The molecule has 0 aliphatic carbocycles. The van der Waals surface area contributed by atoms with Gasteiger partial charge in [-0.3, -0.25) is 4.79 Å². The number of benzene rings is 3. The maximum absolute atomic E-state index is 15.5. The first-order valence-corrected chi connectivity index (χ1v) is 10.5. The summed E-state index contributed by atoms with van der Waals surface area (Å²) in [5.41, 5.74) is 1.96. The summed E-state index contributed by atoms with van der Waals surface area (Å²) in [5.74, 6) is -1.93. The lowest BCUT2D eigenvalue weighted by Gasteiger charge is -2.19. The Balaban J connectivity index is 1.72. The summed E-state index contributed by atoms with van der Waals surface area (Å²) in [6.45, 7) is 1.44. The lowest BCUT2D eigenvalue weighted by molar-refractivity contribution is 0.0917. The van der Waals surface area contributed by atoms with Gasteiger partial charge in [-0.15, -0.1) is 0 Å². The average molecular weight is 450 g/mol. The van der Waals surface area contributed by atoms with Crippen LogP contribution in [0, 0.1) is 18.6 Å². The van der Waals surface area contributed by atoms with Crippen LogP contribution < -0.4 is 10.6 Å². The van der Waals surface area contributed by atoms with E-state index in [0.717, 1.165) is 5.56 Å². The first-order valence-electron chi connectivity index (χ1n) is 10.5. The number of hydrogen-bond donors (Lipinski definition) is 3. The fourth-order valence-electron chi connectivity index (χ4n) is 3.70. The molecule has 1 unspecified atom stereocenters. The number of carbonyl (C=O) groups is 1. The van der Waals surface area contributed by atoms with E-state index in [4.69, 9.17) is 0 Å². The van der Waals surface area contributed by atoms with Crippen LogP contribution in [0.4, 0.5) is 20.2 Å². The molecule has 33 heavy (non-hydrogen) atoms. The van der Waals surface area contributed by atoms with Gasteiger partial charge in [0.05, 0.1) is 41.4 Å². The lowest BCUT2D eigenvalue weighted by atomic mass is 10.0. The van der Waals surface area contributed by atoms with Crippen molar-refractivity contribution in [1.82, 2.24) is 14.9 Å². The van der Waals surface area contributed by atoms with Crippen LogP contribution in [-0.2, 0) is 13.5 Å². The molecule has 3 N–H and O–H groups in total. The standard InChI is InChI=1S/C25H24F2N4O2/c1-15-8-9-20(19(26)10-15)30-23-18(12-21-24(22(23)27)28-14-31(21)2)25(33)29-17(13-32)11-16-6-4-3-5-7-16/h3-10,12,14,17,30,32H,11,13H2,1-2H3,(H,29,33). The third kappa shape index (κ3) is 4.70. The molecule has 0 radical (unpaired) electrons. The first-order chi connectivity index (χ1) is 15.9. The second-order valence-electron chi connectivity index (χ2n) is 7.99. The Hall–Kier alpha value is -3.78. The van der Waals surface area contributed by atoms with Gasteiger partial charge in [-0.25, -0.2) is 13.8 Å². The molecule has 170 valence electrons. The van der Waals surface area contributed by atoms with Gasteiger partial charge in [-0.05, 0) is 42.7 Å². The van der Waals surface area contributed by atoms with E-state index in [0.29, 0.717) is 17.5 Å². The predicted octanol–water partition coefficient (Wildman–Crippen LogP) is 4.24. The van der Waals surface area contributed by atoms with Gasteiger partial charge in [0.15, 0.2) is 5.82 Å². The number of halogens is 2. The summed E-state index contributed by atoms with van der Waals surface area (Å²) in [5, 5.41) is 15.3. The molecule has 0 aliphatic rings. The topological polar surface area (TPSA) is 79.2 Å². The quantitative estimate of drug-likeness (QED) is 0.394. The molecule has 0 spiro atoms. The van der Waals surface area contributed by atoms with Gasteiger partial charge in [0.2, 0.25) is 0 Å². The summed E-state index contributed by atoms with van der Waals surface area (Å²) >= 11 is 0. The monoisotopic (exact) mass is 450 g/mol. The zero-order chi connectivity index (χ0) is 23.5. The normalized spacial score (nSPS) is 12.0. The molecule has 0 fully saturated rings. The molecular formula is C25H24F2N4O2. The van der Waals surface area contributed by atoms with Crippen LogP contribution in [0.5, 0.6) is 0 Å². The molecule has 3 aromatic carbocycles. The summed E-state index contributed by atoms with van der Waals surface area (Å²) in [6.07, 6.45) is 1.84. The summed E-state index contributed by atoms with van der Waals surface area (Å²) in [7, 11) is 1.69. The van der Waals surface area contributed by atoms with Crippen LogP contribution in [0.15, 0.2) is 60.9 Å². The van der Waals surface area contributed by atoms with Crippen molar-refractivity contribution in [3.05, 3.63) is 89.2 Å². The van der Waals surface area contributed by atoms with Crippen LogP contribution in [0.2, 0.25) is 0 Å². The fraction of sp³-hybridized carbons (Fsp3) is 0.200. The third-order valence-corrected chi connectivity index (χ3v) is 5.47. The van der Waals surface area contributed by atoms with Gasteiger partial charge in [0, 0.05) is 7.05 Å². The lowest BCUT2D eigenvalue weighted by Crippen LogP contribution is -2.39. The van der Waals surface area contributed by atoms with E-state index in [1.807, 2.05) is 30.3 Å². The van der Waals surface area contributed by atoms with Crippen molar-refractivity contribution in [3.63, 3.8) is 0 Å². The number of rotatable bonds is 7. The summed E-state index contributed by atoms with van der Waals surface area (Å²) in [6, 6.07) is 14.8. The largest absolute Gasteiger partial charge is 0.394 e. The minimum atomic E-state index is -0.762. The molecule has 1 amide bonds. The smallest absolute Gasteiger partial charge is 0.253 e. The van der Waals surface area contributed by atoms with E-state index in [2.05, 4.69) is 15.6 Å². The number of anilines is 2. The van der Waals surface area contributed by atoms with E-state index < -0.39 is 23.6 Å². The number of nitrogens with zero attached hydrogens (tertiary/aromatic N) is 2. The Morgan fingerprint density at radius 3 is 2.61 bits per heavy atom. The molecule has 8 heteroatoms. The highest BCUT2D eigenvalue weighted by Gasteiger charge is 2.24. The van der Waals surface area contributed by atoms with Crippen molar-refractivity contribution < 1.29 is 18.7 Å². The Labute approximate surface area is 189 Å². The van der Waals surface area contributed by atoms with Crippen LogP contribution in [0.3, 0.4) is 0 Å². The number of aryl methyl sites for hydroxylation is 2. The highest BCUT2D eigenvalue weighted by atomic mass is 19.1. The number of aliphatic hydroxyl groups excluding tert-OH is 1. The van der Waals surface area contributed by atoms with Crippen molar-refractivity contribution in [3.8, 4) is 0 Å². The number of carbonyl (C=O) groups excluding carboxylic acids is 1. The molecule has 0 aliphatic heterocycles. The number of aliphatic hydroxyl groups is 1. The maximum atomic E-state index is 15.5. The SMILES string of the molecule is Cc1ccc(Nc2c(C(=O)NC(CO)Cc3ccccc3)cc3c(ncn3C)c2F)c(F)c1. The second-order valence-corrected chi connectivity index (χ2v) is 7.99. The predicted molar refractivity (Wildman–Crippen MR) is 124 cm³/mol. The summed E-state index contributed by atoms with van der Waals surface area (Å²) in [4.78, 5) is 17.3. The van der Waals surface area contributed by atoms with Crippen molar-refractivity contribution >= 4 is 28.3 Å². The number of nitrogens with one attached hydrogen (secondary N) is 2. The van der Waals surface area contributed by atoms with Crippen molar-refractivity contribution in [1.29, 1.82) is 0 Å². The highest BCUT2D eigenvalue weighted by Crippen LogP contribution is 2.31. The minimum absolute atomic E-state index is 0.0184. The average Bonchev–Trinajstić information content (AvgIpc) is 3.18. The van der Waals surface area contributed by atoms with E-state index in [1.165, 1.54) is 24.5 Å². The Morgan fingerprint density at radius 1 is 1.15 bits per heavy atom. The molecular weight excluding hydrogens is 426 g/mol. The van der Waals surface area contributed by atoms with Gasteiger partial charge >= 0.3 is 0 Å². The van der Waals surface area contributed by atoms with Crippen molar-refractivity contribution in [2.24, 2.45) is 7.05 Å². The fourth-order valence-corrected chi connectivity index (χ4v) is 3.70. The molecule has 0 saturated heterocycles. The number of amides is 1. The molecule has 0 bridgehead atoms. The van der Waals surface area contributed by atoms with Gasteiger partial charge < -0.3 is 20.3 Å². The van der Waals surface area contributed by atoms with Crippen molar-refractivity contribution in [2.75, 3.05) is 11.9 Å². The van der Waals surface area contributed by atoms with Crippen LogP contribution in [-0.4, -0.2) is 33.2 Å². The van der Waals surface area contributed by atoms with Crippen LogP contribution in [0.25, 0.3) is 11.0 Å². The molecule has 0 saturated carbocycles. The Bertz CT molecular complexity index is 1310. The van der Waals surface area contributed by atoms with Gasteiger partial charge in [0.1, 0.15) is 11.3 Å². The number of hydrogen-bond acceptors (Lipinski definition) is 4. The molecule has 4 aromatic rings. The van der Waals surface area contributed by atoms with Gasteiger partial charge in [-0.2, -0.15) is 0 Å². The molecule has 1 heterocycles. The number of aromatic nitrogens is 2. The van der Waals surface area contributed by atoms with Gasteiger partial charge in [0.25, 0.3) is 5.91 Å². The van der Waals surface area contributed by atoms with Crippen LogP contribution >= 0.6 is 0 Å². The van der Waals surface area contributed by atoms with E-state index >= 15 is 4.39 Å². The van der Waals surface area contributed by atoms with E-state index in [-0.39, 0.29) is 29.1 Å². The summed E-state index contributed by atoms with van der Waals surface area (Å²) < 4.78 is 31.6. The number of imidazole rings is 1. The third-order valence-electron chi connectivity index (χ3n) is 5.47. The molecule has 6 nitrogen and oxygen atoms in total. The Kier molecular flexibility index (Phi) is 6.37. The Morgan fingerprint density at radius 2 is 1.91 bits per heavy atom. The zero-order valence-electron chi connectivity index (χ0n) is 18.3. The second kappa shape index (κ2) is 9.38. The number of fused-ring (bicyclic) bond motifs is 1. The minimum Gasteiger partial charge on any atom is -0.394 e. The molecule has 4 rings (SSSR count). The maximum Gasteiger partial charge on any atom is 0.253 e. The first kappa shape index (κ1) is 22.4. The van der Waals surface area contributed by atoms with Gasteiger partial charge in [-0.1, -0.05) is 36.4 Å². The van der Waals surface area contributed by atoms with Crippen molar-refractivity contribution in [2.45, 2.75) is 19.4 Å². The molecule has 1 aromatic heterocycles. The highest BCUT2D eigenvalue weighted by molar-refractivity contribution is 6.04. The van der Waals surface area contributed by atoms with Crippen LogP contribution in [0.1, 0.15) is 21.5 Å². The zero-order valence-corrected chi connectivity index (χ0v) is 18.3. The van der Waals surface area contributed by atoms with E-state index in [9.17, 15) is 14.3 Å².